The van der Waals surface area contributed by atoms with E-state index >= 15 is 0 Å². The molecule has 1 aliphatic rings. The van der Waals surface area contributed by atoms with Crippen LogP contribution in [0.25, 0.3) is 0 Å². The molecule has 0 bridgehead atoms. The average molecular weight is 353 g/mol. The summed E-state index contributed by atoms with van der Waals surface area (Å²) >= 11 is 0. The Morgan fingerprint density at radius 2 is 1.80 bits per heavy atom. The van der Waals surface area contributed by atoms with Crippen LogP contribution in [0.2, 0.25) is 0 Å². The molecule has 25 heavy (non-hydrogen) atoms. The highest BCUT2D eigenvalue weighted by molar-refractivity contribution is 5.24. The van der Waals surface area contributed by atoms with Crippen LogP contribution in [0.5, 0.6) is 0 Å². The zero-order chi connectivity index (χ0) is 18.3. The van der Waals surface area contributed by atoms with Crippen LogP contribution in [0.4, 0.5) is 17.6 Å². The lowest BCUT2D eigenvalue weighted by atomic mass is 9.87. The van der Waals surface area contributed by atoms with Crippen LogP contribution < -0.4 is 0 Å². The molecule has 0 aliphatic heterocycles. The molecule has 1 aromatic carbocycles. The quantitative estimate of drug-likeness (QED) is 0.386. The molecule has 2 nitrogen and oxygen atoms in total. The van der Waals surface area contributed by atoms with Gasteiger partial charge in [0.05, 0.1) is 18.3 Å². The van der Waals surface area contributed by atoms with E-state index in [1.807, 2.05) is 6.08 Å². The van der Waals surface area contributed by atoms with E-state index in [9.17, 15) is 17.6 Å². The fraction of sp³-hybridized carbons (Fsp3) is 0.421. The van der Waals surface area contributed by atoms with Gasteiger partial charge in [0.2, 0.25) is 0 Å². The van der Waals surface area contributed by atoms with Crippen molar-refractivity contribution in [3.63, 3.8) is 0 Å². The first-order valence-corrected chi connectivity index (χ1v) is 8.10. The van der Waals surface area contributed by atoms with Gasteiger partial charge in [0.1, 0.15) is 6.07 Å². The SMILES string of the molecule is N#CC(F)=CC=CC1CCC(OCc2ccc(C(F)(F)F)cc2)CC1. The van der Waals surface area contributed by atoms with Gasteiger partial charge in [0.25, 0.3) is 0 Å². The molecule has 134 valence electrons. The summed E-state index contributed by atoms with van der Waals surface area (Å²) in [6.07, 6.45) is 3.85. The van der Waals surface area contributed by atoms with E-state index in [4.69, 9.17) is 10.00 Å². The van der Waals surface area contributed by atoms with Gasteiger partial charge < -0.3 is 4.74 Å². The number of nitriles is 1. The first kappa shape index (κ1) is 19.2. The van der Waals surface area contributed by atoms with Crippen molar-refractivity contribution < 1.29 is 22.3 Å². The van der Waals surface area contributed by atoms with Gasteiger partial charge in [-0.25, -0.2) is 0 Å². The molecule has 0 spiro atoms. The fourth-order valence-corrected chi connectivity index (χ4v) is 2.79. The zero-order valence-corrected chi connectivity index (χ0v) is 13.6. The summed E-state index contributed by atoms with van der Waals surface area (Å²) < 4.78 is 56.0. The van der Waals surface area contributed by atoms with Crippen LogP contribution in [0, 0.1) is 17.2 Å². The Labute approximate surface area is 144 Å². The van der Waals surface area contributed by atoms with Gasteiger partial charge in [-0.2, -0.15) is 22.8 Å². The van der Waals surface area contributed by atoms with Crippen molar-refractivity contribution in [2.24, 2.45) is 5.92 Å². The first-order chi connectivity index (χ1) is 11.9. The van der Waals surface area contributed by atoms with Crippen LogP contribution in [-0.4, -0.2) is 6.10 Å². The van der Waals surface area contributed by atoms with E-state index in [-0.39, 0.29) is 6.10 Å². The summed E-state index contributed by atoms with van der Waals surface area (Å²) in [6.45, 7) is 0.291. The molecule has 0 amide bonds. The van der Waals surface area contributed by atoms with Crippen molar-refractivity contribution >= 4 is 0 Å². The van der Waals surface area contributed by atoms with Crippen LogP contribution in [0.15, 0.2) is 48.3 Å². The summed E-state index contributed by atoms with van der Waals surface area (Å²) in [5.74, 6) is -0.488. The highest BCUT2D eigenvalue weighted by Crippen LogP contribution is 2.30. The molecule has 1 aliphatic carbocycles. The molecule has 1 fully saturated rings. The van der Waals surface area contributed by atoms with Gasteiger partial charge >= 0.3 is 6.18 Å². The van der Waals surface area contributed by atoms with Crippen molar-refractivity contribution in [1.29, 1.82) is 5.26 Å². The second kappa shape index (κ2) is 8.82. The minimum absolute atomic E-state index is 0.0818. The van der Waals surface area contributed by atoms with Gasteiger partial charge in [-0.3, -0.25) is 0 Å². The number of hydrogen-bond donors (Lipinski definition) is 0. The van der Waals surface area contributed by atoms with Gasteiger partial charge in [-0.1, -0.05) is 24.3 Å². The molecule has 0 N–H and O–H groups in total. The molecule has 0 aromatic heterocycles. The van der Waals surface area contributed by atoms with Gasteiger partial charge in [-0.05, 0) is 55.4 Å². The number of benzene rings is 1. The fourth-order valence-electron chi connectivity index (χ4n) is 2.79. The minimum atomic E-state index is -4.32. The maximum atomic E-state index is 12.7. The normalized spacial score (nSPS) is 22.1. The molecular formula is C19H19F4NO. The van der Waals surface area contributed by atoms with Crippen LogP contribution in [-0.2, 0) is 17.5 Å². The van der Waals surface area contributed by atoms with Crippen LogP contribution in [0.1, 0.15) is 36.8 Å². The third kappa shape index (κ3) is 6.35. The van der Waals surface area contributed by atoms with Crippen molar-refractivity contribution in [3.8, 4) is 6.07 Å². The summed E-state index contributed by atoms with van der Waals surface area (Å²) in [7, 11) is 0. The molecule has 1 saturated carbocycles. The highest BCUT2D eigenvalue weighted by Gasteiger charge is 2.30. The van der Waals surface area contributed by atoms with E-state index in [0.29, 0.717) is 18.1 Å². The van der Waals surface area contributed by atoms with Gasteiger partial charge in [0, 0.05) is 0 Å². The standard InChI is InChI=1S/C19H19F4NO/c20-17(12-24)3-1-2-14-6-10-18(11-7-14)25-13-15-4-8-16(9-5-15)19(21,22)23/h1-5,8-9,14,18H,6-7,10-11,13H2. The number of hydrogen-bond acceptors (Lipinski definition) is 2. The molecule has 0 atom stereocenters. The van der Waals surface area contributed by atoms with Gasteiger partial charge in [-0.15, -0.1) is 0 Å². The topological polar surface area (TPSA) is 33.0 Å². The minimum Gasteiger partial charge on any atom is -0.374 e. The third-order valence-corrected chi connectivity index (χ3v) is 4.22. The summed E-state index contributed by atoms with van der Waals surface area (Å²) in [4.78, 5) is 0. The zero-order valence-electron chi connectivity index (χ0n) is 13.6. The summed E-state index contributed by atoms with van der Waals surface area (Å²) in [5.41, 5.74) is 0.0533. The number of alkyl halides is 3. The molecule has 1 aromatic rings. The molecule has 0 saturated heterocycles. The van der Waals surface area contributed by atoms with Crippen molar-refractivity contribution in [2.45, 2.75) is 44.6 Å². The Hall–Kier alpha value is -2.13. The summed E-state index contributed by atoms with van der Waals surface area (Å²) in [6, 6.07) is 6.42. The first-order valence-electron chi connectivity index (χ1n) is 8.10. The summed E-state index contributed by atoms with van der Waals surface area (Å²) in [5, 5.41) is 8.32. The Bertz CT molecular complexity index is 647. The Morgan fingerprint density at radius 3 is 2.36 bits per heavy atom. The smallest absolute Gasteiger partial charge is 0.374 e. The second-order valence-electron chi connectivity index (χ2n) is 6.05. The van der Waals surface area contributed by atoms with Crippen LogP contribution in [0.3, 0.4) is 0 Å². The molecule has 0 heterocycles. The van der Waals surface area contributed by atoms with Crippen molar-refractivity contribution in [1.82, 2.24) is 0 Å². The maximum absolute atomic E-state index is 12.7. The predicted octanol–water partition coefficient (Wildman–Crippen LogP) is 5.71. The van der Waals surface area contributed by atoms with E-state index in [0.717, 1.165) is 43.9 Å². The monoisotopic (exact) mass is 353 g/mol. The Kier molecular flexibility index (Phi) is 6.77. The van der Waals surface area contributed by atoms with E-state index in [1.165, 1.54) is 18.2 Å². The van der Waals surface area contributed by atoms with Crippen molar-refractivity contribution in [2.75, 3.05) is 0 Å². The molecule has 2 rings (SSSR count). The van der Waals surface area contributed by atoms with Gasteiger partial charge in [0.15, 0.2) is 5.83 Å². The average Bonchev–Trinajstić information content (AvgIpc) is 2.60. The lowest BCUT2D eigenvalue weighted by Gasteiger charge is -2.26. The number of halogens is 4. The Balaban J connectivity index is 1.74. The number of rotatable bonds is 5. The van der Waals surface area contributed by atoms with Crippen molar-refractivity contribution in [3.05, 3.63) is 59.4 Å². The molecule has 0 unspecified atom stereocenters. The lowest BCUT2D eigenvalue weighted by Crippen LogP contribution is -2.20. The molecular weight excluding hydrogens is 334 g/mol. The molecule has 6 heteroatoms. The number of allylic oxidation sites excluding steroid dienone is 4. The predicted molar refractivity (Wildman–Crippen MR) is 85.9 cm³/mol. The van der Waals surface area contributed by atoms with E-state index in [2.05, 4.69) is 0 Å². The Morgan fingerprint density at radius 1 is 1.16 bits per heavy atom. The number of nitrogens with zero attached hydrogens (tertiary/aromatic N) is 1. The van der Waals surface area contributed by atoms with E-state index in [1.54, 1.807) is 6.08 Å². The highest BCUT2D eigenvalue weighted by atomic mass is 19.4. The molecule has 0 radical (unpaired) electrons. The second-order valence-corrected chi connectivity index (χ2v) is 6.05. The maximum Gasteiger partial charge on any atom is 0.416 e. The van der Waals surface area contributed by atoms with E-state index < -0.39 is 17.6 Å². The lowest BCUT2D eigenvalue weighted by molar-refractivity contribution is -0.137. The largest absolute Gasteiger partial charge is 0.416 e. The third-order valence-electron chi connectivity index (χ3n) is 4.22. The van der Waals surface area contributed by atoms with Crippen LogP contribution >= 0.6 is 0 Å². The number of ether oxygens (including phenoxy) is 1.